The maximum Gasteiger partial charge on any atom is 0.244 e. The molecule has 2 saturated heterocycles. The fourth-order valence-electron chi connectivity index (χ4n) is 3.38. The SMILES string of the molecule is Cc1cnn(CC(=O)N2CCCC[C@@H]2CN2CCOCC2)c1. The largest absolute Gasteiger partial charge is 0.379 e. The first-order valence-electron chi connectivity index (χ1n) is 8.31. The molecule has 0 radical (unpaired) electrons. The second-order valence-electron chi connectivity index (χ2n) is 6.36. The van der Waals surface area contributed by atoms with E-state index in [1.807, 2.05) is 13.1 Å². The van der Waals surface area contributed by atoms with Crippen molar-refractivity contribution in [1.82, 2.24) is 19.6 Å². The predicted octanol–water partition coefficient (Wildman–Crippen LogP) is 0.905. The van der Waals surface area contributed by atoms with Gasteiger partial charge in [0.25, 0.3) is 0 Å². The van der Waals surface area contributed by atoms with Crippen molar-refractivity contribution in [1.29, 1.82) is 0 Å². The van der Waals surface area contributed by atoms with Gasteiger partial charge in [0.1, 0.15) is 6.54 Å². The smallest absolute Gasteiger partial charge is 0.244 e. The topological polar surface area (TPSA) is 50.6 Å². The molecule has 1 aromatic rings. The number of ether oxygens (including phenoxy) is 1. The van der Waals surface area contributed by atoms with Gasteiger partial charge >= 0.3 is 0 Å². The Morgan fingerprint density at radius 2 is 2.14 bits per heavy atom. The molecule has 0 spiro atoms. The Labute approximate surface area is 132 Å². The Morgan fingerprint density at radius 3 is 2.86 bits per heavy atom. The van der Waals surface area contributed by atoms with E-state index >= 15 is 0 Å². The molecule has 2 aliphatic heterocycles. The van der Waals surface area contributed by atoms with Crippen LogP contribution in [0, 0.1) is 6.92 Å². The second-order valence-corrected chi connectivity index (χ2v) is 6.36. The van der Waals surface area contributed by atoms with Crippen molar-refractivity contribution in [2.45, 2.75) is 38.8 Å². The number of rotatable bonds is 4. The lowest BCUT2D eigenvalue weighted by atomic mass is 10.0. The Balaban J connectivity index is 1.59. The van der Waals surface area contributed by atoms with Crippen molar-refractivity contribution >= 4 is 5.91 Å². The summed E-state index contributed by atoms with van der Waals surface area (Å²) in [5.41, 5.74) is 1.09. The van der Waals surface area contributed by atoms with Crippen LogP contribution in [-0.4, -0.2) is 70.9 Å². The summed E-state index contributed by atoms with van der Waals surface area (Å²) in [6.45, 7) is 7.80. The molecule has 0 unspecified atom stereocenters. The van der Waals surface area contributed by atoms with Crippen LogP contribution < -0.4 is 0 Å². The molecule has 6 heteroatoms. The minimum absolute atomic E-state index is 0.195. The Hall–Kier alpha value is -1.40. The summed E-state index contributed by atoms with van der Waals surface area (Å²) in [6, 6.07) is 0.344. The van der Waals surface area contributed by atoms with Gasteiger partial charge in [0.05, 0.1) is 19.4 Å². The molecule has 1 amide bonds. The number of amides is 1. The zero-order valence-corrected chi connectivity index (χ0v) is 13.4. The first-order chi connectivity index (χ1) is 10.7. The van der Waals surface area contributed by atoms with Gasteiger partial charge < -0.3 is 9.64 Å². The van der Waals surface area contributed by atoms with Crippen LogP contribution in [0.4, 0.5) is 0 Å². The molecule has 3 heterocycles. The van der Waals surface area contributed by atoms with Gasteiger partial charge in [0.15, 0.2) is 0 Å². The van der Waals surface area contributed by atoms with Gasteiger partial charge in [-0.3, -0.25) is 14.4 Å². The second kappa shape index (κ2) is 7.24. The van der Waals surface area contributed by atoms with Gasteiger partial charge in [-0.1, -0.05) is 0 Å². The average Bonchev–Trinajstić information content (AvgIpc) is 2.94. The molecule has 0 aliphatic carbocycles. The van der Waals surface area contributed by atoms with E-state index in [2.05, 4.69) is 14.9 Å². The number of aromatic nitrogens is 2. The molecular formula is C16H26N4O2. The number of hydrogen-bond acceptors (Lipinski definition) is 4. The number of piperidine rings is 1. The van der Waals surface area contributed by atoms with Crippen LogP contribution in [0.25, 0.3) is 0 Å². The lowest BCUT2D eigenvalue weighted by Gasteiger charge is -2.39. The van der Waals surface area contributed by atoms with Crippen molar-refractivity contribution in [3.05, 3.63) is 18.0 Å². The molecule has 22 heavy (non-hydrogen) atoms. The van der Waals surface area contributed by atoms with Crippen LogP contribution >= 0.6 is 0 Å². The van der Waals surface area contributed by atoms with E-state index in [1.54, 1.807) is 10.9 Å². The fourth-order valence-corrected chi connectivity index (χ4v) is 3.38. The molecule has 1 atom stereocenters. The number of likely N-dealkylation sites (tertiary alicyclic amines) is 1. The van der Waals surface area contributed by atoms with Crippen LogP contribution in [0.3, 0.4) is 0 Å². The summed E-state index contributed by atoms with van der Waals surface area (Å²) in [4.78, 5) is 17.2. The number of carbonyl (C=O) groups is 1. The lowest BCUT2D eigenvalue weighted by molar-refractivity contribution is -0.136. The van der Waals surface area contributed by atoms with Crippen molar-refractivity contribution < 1.29 is 9.53 Å². The summed E-state index contributed by atoms with van der Waals surface area (Å²) < 4.78 is 7.16. The highest BCUT2D eigenvalue weighted by Crippen LogP contribution is 2.19. The quantitative estimate of drug-likeness (QED) is 0.829. The normalized spacial score (nSPS) is 23.7. The van der Waals surface area contributed by atoms with Gasteiger partial charge in [-0.2, -0.15) is 5.10 Å². The first-order valence-corrected chi connectivity index (χ1v) is 8.31. The van der Waals surface area contributed by atoms with Crippen LogP contribution in [0.1, 0.15) is 24.8 Å². The van der Waals surface area contributed by atoms with Gasteiger partial charge in [-0.25, -0.2) is 0 Å². The maximum absolute atomic E-state index is 12.7. The molecule has 0 saturated carbocycles. The average molecular weight is 306 g/mol. The third kappa shape index (κ3) is 3.87. The van der Waals surface area contributed by atoms with Gasteiger partial charge in [0, 0.05) is 38.4 Å². The highest BCUT2D eigenvalue weighted by molar-refractivity contribution is 5.76. The molecule has 2 aliphatic rings. The Kier molecular flexibility index (Phi) is 5.10. The molecule has 3 rings (SSSR count). The van der Waals surface area contributed by atoms with E-state index in [0.29, 0.717) is 12.6 Å². The fraction of sp³-hybridized carbons (Fsp3) is 0.750. The maximum atomic E-state index is 12.7. The van der Waals surface area contributed by atoms with E-state index in [0.717, 1.165) is 57.8 Å². The summed E-state index contributed by atoms with van der Waals surface area (Å²) >= 11 is 0. The van der Waals surface area contributed by atoms with Crippen molar-refractivity contribution in [2.24, 2.45) is 0 Å². The van der Waals surface area contributed by atoms with E-state index in [9.17, 15) is 4.79 Å². The highest BCUT2D eigenvalue weighted by Gasteiger charge is 2.28. The minimum Gasteiger partial charge on any atom is -0.379 e. The van der Waals surface area contributed by atoms with Crippen molar-refractivity contribution in [3.63, 3.8) is 0 Å². The summed E-state index contributed by atoms with van der Waals surface area (Å²) in [5.74, 6) is 0.195. The number of hydrogen-bond donors (Lipinski definition) is 0. The van der Waals surface area contributed by atoms with Crippen LogP contribution in [0.5, 0.6) is 0 Å². The zero-order valence-electron chi connectivity index (χ0n) is 13.4. The van der Waals surface area contributed by atoms with E-state index in [1.165, 1.54) is 6.42 Å². The molecule has 0 N–H and O–H groups in total. The standard InChI is InChI=1S/C16H26N4O2/c1-14-10-17-19(11-14)13-16(21)20-5-3-2-4-15(20)12-18-6-8-22-9-7-18/h10-11,15H,2-9,12-13H2,1H3/t15-/m1/s1. The monoisotopic (exact) mass is 306 g/mol. The van der Waals surface area contributed by atoms with Crippen LogP contribution in [0.2, 0.25) is 0 Å². The minimum atomic E-state index is 0.195. The molecule has 0 bridgehead atoms. The van der Waals surface area contributed by atoms with Crippen LogP contribution in [0.15, 0.2) is 12.4 Å². The summed E-state index contributed by atoms with van der Waals surface area (Å²) in [7, 11) is 0. The molecule has 122 valence electrons. The Bertz CT molecular complexity index is 496. The van der Waals surface area contributed by atoms with Gasteiger partial charge in [-0.05, 0) is 31.7 Å². The third-order valence-electron chi connectivity index (χ3n) is 4.58. The number of morpholine rings is 1. The number of carbonyl (C=O) groups excluding carboxylic acids is 1. The lowest BCUT2D eigenvalue weighted by Crippen LogP contribution is -2.52. The molecule has 1 aromatic heterocycles. The third-order valence-corrected chi connectivity index (χ3v) is 4.58. The van der Waals surface area contributed by atoms with Gasteiger partial charge in [0.2, 0.25) is 5.91 Å². The summed E-state index contributed by atoms with van der Waals surface area (Å²) in [5, 5.41) is 4.23. The van der Waals surface area contributed by atoms with Crippen molar-refractivity contribution in [3.8, 4) is 0 Å². The van der Waals surface area contributed by atoms with Gasteiger partial charge in [-0.15, -0.1) is 0 Å². The molecular weight excluding hydrogens is 280 g/mol. The number of nitrogens with zero attached hydrogens (tertiary/aromatic N) is 4. The summed E-state index contributed by atoms with van der Waals surface area (Å²) in [6.07, 6.45) is 7.18. The zero-order chi connectivity index (χ0) is 15.4. The predicted molar refractivity (Wildman–Crippen MR) is 83.6 cm³/mol. The van der Waals surface area contributed by atoms with E-state index < -0.39 is 0 Å². The molecule has 6 nitrogen and oxygen atoms in total. The Morgan fingerprint density at radius 1 is 1.32 bits per heavy atom. The van der Waals surface area contributed by atoms with E-state index in [-0.39, 0.29) is 5.91 Å². The van der Waals surface area contributed by atoms with Crippen molar-refractivity contribution in [2.75, 3.05) is 39.4 Å². The van der Waals surface area contributed by atoms with E-state index in [4.69, 9.17) is 4.74 Å². The number of aryl methyl sites for hydroxylation is 1. The molecule has 0 aromatic carbocycles. The first kappa shape index (κ1) is 15.5. The molecule has 2 fully saturated rings. The highest BCUT2D eigenvalue weighted by atomic mass is 16.5. The van der Waals surface area contributed by atoms with Crippen LogP contribution in [-0.2, 0) is 16.1 Å².